The number of pyridine rings is 1. The Hall–Kier alpha value is -0.960. The lowest BCUT2D eigenvalue weighted by Crippen LogP contribution is -2.02. The molecule has 1 heterocycles. The van der Waals surface area contributed by atoms with E-state index in [0.29, 0.717) is 11.5 Å². The van der Waals surface area contributed by atoms with Gasteiger partial charge in [0.25, 0.3) is 0 Å². The minimum absolute atomic E-state index is 0.573. The van der Waals surface area contributed by atoms with Crippen LogP contribution in [0.25, 0.3) is 0 Å². The summed E-state index contributed by atoms with van der Waals surface area (Å²) in [5.74, 6) is 0. The van der Waals surface area contributed by atoms with E-state index in [4.69, 9.17) is 17.0 Å². The first-order chi connectivity index (χ1) is 5.33. The molecular weight excluding hydrogens is 158 g/mol. The summed E-state index contributed by atoms with van der Waals surface area (Å²) in [6.07, 6.45) is 2.36. The maximum Gasteiger partial charge on any atom is 0.165 e. The average molecular weight is 167 g/mol. The minimum atomic E-state index is 0.573. The number of nitrogens with zero attached hydrogens (tertiary/aromatic N) is 1. The highest BCUT2D eigenvalue weighted by Crippen LogP contribution is 1.96. The van der Waals surface area contributed by atoms with E-state index in [0.717, 1.165) is 5.69 Å². The van der Waals surface area contributed by atoms with E-state index in [1.54, 1.807) is 13.3 Å². The summed E-state index contributed by atoms with van der Waals surface area (Å²) in [6, 6.07) is 5.73. The first-order valence-electron chi connectivity index (χ1n) is 3.29. The molecule has 0 bridgehead atoms. The van der Waals surface area contributed by atoms with Gasteiger partial charge >= 0.3 is 0 Å². The Morgan fingerprint density at radius 1 is 1.64 bits per heavy atom. The summed E-state index contributed by atoms with van der Waals surface area (Å²) in [7, 11) is 1.57. The molecule has 0 N–H and O–H groups in total. The van der Waals surface area contributed by atoms with Gasteiger partial charge in [-0.25, -0.2) is 0 Å². The second-order valence-electron chi connectivity index (χ2n) is 2.07. The number of hydrogen-bond donors (Lipinski definition) is 0. The van der Waals surface area contributed by atoms with Crippen molar-refractivity contribution in [2.75, 3.05) is 7.11 Å². The van der Waals surface area contributed by atoms with E-state index in [1.807, 2.05) is 18.2 Å². The zero-order chi connectivity index (χ0) is 8.10. The van der Waals surface area contributed by atoms with Crippen LogP contribution in [0.2, 0.25) is 0 Å². The molecule has 0 amide bonds. The van der Waals surface area contributed by atoms with Crippen LogP contribution in [0.1, 0.15) is 5.69 Å². The lowest BCUT2D eigenvalue weighted by molar-refractivity contribution is 0.405. The van der Waals surface area contributed by atoms with Gasteiger partial charge in [-0.15, -0.1) is 0 Å². The smallest absolute Gasteiger partial charge is 0.165 e. The van der Waals surface area contributed by atoms with E-state index in [1.165, 1.54) is 0 Å². The zero-order valence-corrected chi connectivity index (χ0v) is 7.10. The second kappa shape index (κ2) is 4.03. The maximum absolute atomic E-state index is 4.88. The number of rotatable bonds is 2. The van der Waals surface area contributed by atoms with E-state index in [2.05, 4.69) is 4.98 Å². The Balaban J connectivity index is 2.58. The lowest BCUT2D eigenvalue weighted by atomic mass is 10.3. The highest BCUT2D eigenvalue weighted by atomic mass is 32.1. The van der Waals surface area contributed by atoms with Crippen LogP contribution in [0.15, 0.2) is 24.4 Å². The van der Waals surface area contributed by atoms with Gasteiger partial charge in [-0.2, -0.15) is 0 Å². The van der Waals surface area contributed by atoms with Gasteiger partial charge in [-0.05, 0) is 24.4 Å². The molecule has 0 aliphatic rings. The predicted octanol–water partition coefficient (Wildman–Crippen LogP) is 1.60. The SMILES string of the molecule is COC(=S)Cc1ccccn1. The van der Waals surface area contributed by atoms with E-state index in [9.17, 15) is 0 Å². The molecular formula is C8H9NOS. The van der Waals surface area contributed by atoms with Crippen molar-refractivity contribution in [3.8, 4) is 0 Å². The first kappa shape index (κ1) is 8.14. The summed E-state index contributed by atoms with van der Waals surface area (Å²) in [5.41, 5.74) is 0.944. The minimum Gasteiger partial charge on any atom is -0.490 e. The molecule has 3 heteroatoms. The highest BCUT2D eigenvalue weighted by molar-refractivity contribution is 7.80. The summed E-state index contributed by atoms with van der Waals surface area (Å²) < 4.78 is 4.85. The number of aromatic nitrogens is 1. The predicted molar refractivity (Wildman–Crippen MR) is 47.5 cm³/mol. The summed E-state index contributed by atoms with van der Waals surface area (Å²) in [4.78, 5) is 4.10. The molecule has 0 radical (unpaired) electrons. The molecule has 11 heavy (non-hydrogen) atoms. The molecule has 0 fully saturated rings. The third-order valence-corrected chi connectivity index (χ3v) is 1.59. The van der Waals surface area contributed by atoms with Crippen molar-refractivity contribution >= 4 is 17.3 Å². The highest BCUT2D eigenvalue weighted by Gasteiger charge is 1.97. The molecule has 0 aliphatic carbocycles. The molecule has 1 aromatic rings. The second-order valence-corrected chi connectivity index (χ2v) is 2.53. The van der Waals surface area contributed by atoms with Gasteiger partial charge in [0.15, 0.2) is 5.05 Å². The number of thiocarbonyl (C=S) groups is 1. The van der Waals surface area contributed by atoms with Crippen LogP contribution in [0.4, 0.5) is 0 Å². The molecule has 2 nitrogen and oxygen atoms in total. The molecule has 0 unspecified atom stereocenters. The standard InChI is InChI=1S/C8H9NOS/c1-10-8(11)6-7-4-2-3-5-9-7/h2-5H,6H2,1H3. The number of ether oxygens (including phenoxy) is 1. The van der Waals surface area contributed by atoms with Crippen molar-refractivity contribution in [2.45, 2.75) is 6.42 Å². The topological polar surface area (TPSA) is 22.1 Å². The normalized spacial score (nSPS) is 9.18. The molecule has 58 valence electrons. The molecule has 0 spiro atoms. The van der Waals surface area contributed by atoms with Crippen molar-refractivity contribution in [1.82, 2.24) is 4.98 Å². The molecule has 0 saturated carbocycles. The quantitative estimate of drug-likeness (QED) is 0.624. The van der Waals surface area contributed by atoms with E-state index < -0.39 is 0 Å². The summed E-state index contributed by atoms with van der Waals surface area (Å²) >= 11 is 4.88. The van der Waals surface area contributed by atoms with Crippen LogP contribution in [0, 0.1) is 0 Å². The van der Waals surface area contributed by atoms with Crippen LogP contribution in [-0.2, 0) is 11.2 Å². The zero-order valence-electron chi connectivity index (χ0n) is 6.28. The Bertz CT molecular complexity index is 235. The fourth-order valence-corrected chi connectivity index (χ4v) is 0.871. The Morgan fingerprint density at radius 2 is 2.45 bits per heavy atom. The molecule has 1 rings (SSSR count). The molecule has 0 atom stereocenters. The van der Waals surface area contributed by atoms with Crippen molar-refractivity contribution in [1.29, 1.82) is 0 Å². The number of methoxy groups -OCH3 is 1. The number of hydrogen-bond acceptors (Lipinski definition) is 3. The Kier molecular flexibility index (Phi) is 2.98. The van der Waals surface area contributed by atoms with E-state index >= 15 is 0 Å². The monoisotopic (exact) mass is 167 g/mol. The maximum atomic E-state index is 4.88. The van der Waals surface area contributed by atoms with Crippen LogP contribution in [-0.4, -0.2) is 17.1 Å². The summed E-state index contributed by atoms with van der Waals surface area (Å²) in [6.45, 7) is 0. The lowest BCUT2D eigenvalue weighted by Gasteiger charge is -1.99. The molecule has 0 saturated heterocycles. The van der Waals surface area contributed by atoms with Crippen molar-refractivity contribution < 1.29 is 4.74 Å². The molecule has 0 aromatic carbocycles. The van der Waals surface area contributed by atoms with Crippen molar-refractivity contribution in [3.05, 3.63) is 30.1 Å². The third kappa shape index (κ3) is 2.63. The average Bonchev–Trinajstić information content (AvgIpc) is 2.06. The van der Waals surface area contributed by atoms with Gasteiger partial charge in [0, 0.05) is 11.9 Å². The van der Waals surface area contributed by atoms with Gasteiger partial charge in [-0.1, -0.05) is 6.07 Å². The first-order valence-corrected chi connectivity index (χ1v) is 3.70. The van der Waals surface area contributed by atoms with Gasteiger partial charge < -0.3 is 4.74 Å². The largest absolute Gasteiger partial charge is 0.490 e. The van der Waals surface area contributed by atoms with Crippen LogP contribution < -0.4 is 0 Å². The fraction of sp³-hybridized carbons (Fsp3) is 0.250. The van der Waals surface area contributed by atoms with Gasteiger partial charge in [0.05, 0.1) is 13.5 Å². The molecule has 0 aliphatic heterocycles. The Labute approximate surface area is 71.2 Å². The van der Waals surface area contributed by atoms with Crippen LogP contribution in [0.5, 0.6) is 0 Å². The van der Waals surface area contributed by atoms with Gasteiger partial charge in [0.2, 0.25) is 0 Å². The van der Waals surface area contributed by atoms with Crippen LogP contribution >= 0.6 is 12.2 Å². The van der Waals surface area contributed by atoms with E-state index in [-0.39, 0.29) is 0 Å². The summed E-state index contributed by atoms with van der Waals surface area (Å²) in [5, 5.41) is 0.573. The van der Waals surface area contributed by atoms with Crippen LogP contribution in [0.3, 0.4) is 0 Å². The third-order valence-electron chi connectivity index (χ3n) is 1.28. The molecule has 1 aromatic heterocycles. The Morgan fingerprint density at radius 3 is 3.00 bits per heavy atom. The van der Waals surface area contributed by atoms with Crippen molar-refractivity contribution in [2.24, 2.45) is 0 Å². The fourth-order valence-electron chi connectivity index (χ4n) is 0.723. The van der Waals surface area contributed by atoms with Gasteiger partial charge in [-0.3, -0.25) is 4.98 Å². The van der Waals surface area contributed by atoms with Crippen molar-refractivity contribution in [3.63, 3.8) is 0 Å². The van der Waals surface area contributed by atoms with Gasteiger partial charge in [0.1, 0.15) is 0 Å².